The van der Waals surface area contributed by atoms with Gasteiger partial charge in [0, 0.05) is 29.8 Å². The predicted octanol–water partition coefficient (Wildman–Crippen LogP) is 2.97. The summed E-state index contributed by atoms with van der Waals surface area (Å²) in [6.07, 6.45) is 0.409. The van der Waals surface area contributed by atoms with E-state index in [2.05, 4.69) is 5.32 Å². The fraction of sp³-hybridized carbons (Fsp3) is 0.333. The van der Waals surface area contributed by atoms with Gasteiger partial charge in [-0.15, -0.1) is 0 Å². The van der Waals surface area contributed by atoms with Crippen molar-refractivity contribution >= 4 is 29.3 Å². The minimum Gasteiger partial charge on any atom is -0.453 e. The first-order valence-electron chi connectivity index (χ1n) is 10.3. The Hall–Kier alpha value is -3.48. The van der Waals surface area contributed by atoms with Crippen molar-refractivity contribution in [2.45, 2.75) is 39.7 Å². The molecule has 2 amide bonds. The number of carbonyl (C=O) groups excluding carboxylic acids is 4. The van der Waals surface area contributed by atoms with Crippen molar-refractivity contribution in [2.75, 3.05) is 18.0 Å². The van der Waals surface area contributed by atoms with Gasteiger partial charge < -0.3 is 15.0 Å². The van der Waals surface area contributed by atoms with Gasteiger partial charge in [0.2, 0.25) is 11.7 Å². The van der Waals surface area contributed by atoms with Crippen molar-refractivity contribution in [3.05, 3.63) is 64.7 Å². The van der Waals surface area contributed by atoms with Crippen LogP contribution in [0.5, 0.6) is 0 Å². The number of hydrogen-bond donors (Lipinski definition) is 1. The van der Waals surface area contributed by atoms with Crippen LogP contribution in [0, 0.1) is 13.8 Å². The fourth-order valence-corrected chi connectivity index (χ4v) is 3.39. The van der Waals surface area contributed by atoms with Gasteiger partial charge >= 0.3 is 5.97 Å². The molecular weight excluding hydrogens is 396 g/mol. The van der Waals surface area contributed by atoms with Gasteiger partial charge in [-0.25, -0.2) is 0 Å². The second kappa shape index (κ2) is 9.55. The number of hydrogen-bond acceptors (Lipinski definition) is 5. The van der Waals surface area contributed by atoms with E-state index in [0.29, 0.717) is 24.1 Å². The van der Waals surface area contributed by atoms with E-state index in [9.17, 15) is 19.2 Å². The van der Waals surface area contributed by atoms with Crippen LogP contribution in [0.2, 0.25) is 0 Å². The number of nitrogens with zero attached hydrogens (tertiary/aromatic N) is 1. The van der Waals surface area contributed by atoms with Crippen LogP contribution >= 0.6 is 0 Å². The molecule has 31 heavy (non-hydrogen) atoms. The van der Waals surface area contributed by atoms with Crippen molar-refractivity contribution in [2.24, 2.45) is 0 Å². The molecule has 7 heteroatoms. The summed E-state index contributed by atoms with van der Waals surface area (Å²) in [6.45, 7) is 5.70. The number of nitrogens with one attached hydrogen (secondary N) is 1. The molecule has 1 aliphatic rings. The Morgan fingerprint density at radius 1 is 1.03 bits per heavy atom. The molecule has 2 aromatic carbocycles. The lowest BCUT2D eigenvalue weighted by Gasteiger charge is -2.16. The third kappa shape index (κ3) is 5.36. The summed E-state index contributed by atoms with van der Waals surface area (Å²) >= 11 is 0. The van der Waals surface area contributed by atoms with Crippen LogP contribution in [0.3, 0.4) is 0 Å². The number of amides is 2. The molecule has 0 radical (unpaired) electrons. The lowest BCUT2D eigenvalue weighted by molar-refractivity contribution is -0.145. The quantitative estimate of drug-likeness (QED) is 0.547. The minimum atomic E-state index is -0.955. The number of anilines is 1. The van der Waals surface area contributed by atoms with E-state index in [0.717, 1.165) is 23.2 Å². The standard InChI is InChI=1S/C24H26N2O5/c1-15-6-7-19(13-16(15)2)23(29)17(3)31-22(28)14-25-24(30)18-8-10-20(11-9-18)26-12-4-5-21(26)27/h6-11,13,17H,4-5,12,14H2,1-3H3,(H,25,30)/t17-/m0/s1. The van der Waals surface area contributed by atoms with Gasteiger partial charge in [-0.05, 0) is 68.7 Å². The molecule has 0 saturated carbocycles. The van der Waals surface area contributed by atoms with Crippen LogP contribution in [0.25, 0.3) is 0 Å². The molecule has 1 fully saturated rings. The molecule has 1 atom stereocenters. The Morgan fingerprint density at radius 2 is 1.71 bits per heavy atom. The fourth-order valence-electron chi connectivity index (χ4n) is 3.39. The van der Waals surface area contributed by atoms with E-state index < -0.39 is 18.0 Å². The van der Waals surface area contributed by atoms with E-state index in [1.807, 2.05) is 19.9 Å². The highest BCUT2D eigenvalue weighted by molar-refractivity contribution is 6.01. The zero-order valence-corrected chi connectivity index (χ0v) is 17.9. The molecule has 0 spiro atoms. The summed E-state index contributed by atoms with van der Waals surface area (Å²) < 4.78 is 5.17. The van der Waals surface area contributed by atoms with Crippen LogP contribution in [-0.2, 0) is 14.3 Å². The summed E-state index contributed by atoms with van der Waals surface area (Å²) in [5.41, 5.74) is 3.64. The average molecular weight is 422 g/mol. The van der Waals surface area contributed by atoms with Gasteiger partial charge in [0.05, 0.1) is 0 Å². The zero-order valence-electron chi connectivity index (χ0n) is 17.9. The van der Waals surface area contributed by atoms with E-state index in [1.54, 1.807) is 41.3 Å². The number of benzene rings is 2. The van der Waals surface area contributed by atoms with Crippen molar-refractivity contribution in [1.82, 2.24) is 5.32 Å². The van der Waals surface area contributed by atoms with Crippen molar-refractivity contribution in [3.63, 3.8) is 0 Å². The van der Waals surface area contributed by atoms with Crippen LogP contribution in [-0.4, -0.2) is 42.8 Å². The number of aryl methyl sites for hydroxylation is 2. The van der Waals surface area contributed by atoms with Crippen LogP contribution in [0.4, 0.5) is 5.69 Å². The molecule has 0 aromatic heterocycles. The Morgan fingerprint density at radius 3 is 2.32 bits per heavy atom. The normalized spacial score (nSPS) is 14.3. The third-order valence-electron chi connectivity index (χ3n) is 5.38. The summed E-state index contributed by atoms with van der Waals surface area (Å²) in [5, 5.41) is 2.49. The first-order chi connectivity index (χ1) is 14.8. The summed E-state index contributed by atoms with van der Waals surface area (Å²) in [7, 11) is 0. The SMILES string of the molecule is Cc1ccc(C(=O)[C@H](C)OC(=O)CNC(=O)c2ccc(N3CCCC3=O)cc2)cc1C. The second-order valence-electron chi connectivity index (χ2n) is 7.67. The minimum absolute atomic E-state index is 0.0735. The highest BCUT2D eigenvalue weighted by Crippen LogP contribution is 2.21. The average Bonchev–Trinajstić information content (AvgIpc) is 3.19. The van der Waals surface area contributed by atoms with Crippen molar-refractivity contribution in [1.29, 1.82) is 0 Å². The van der Waals surface area contributed by atoms with Gasteiger partial charge in [0.1, 0.15) is 6.54 Å². The molecule has 1 saturated heterocycles. The van der Waals surface area contributed by atoms with E-state index >= 15 is 0 Å². The Balaban J connectivity index is 1.50. The maximum absolute atomic E-state index is 12.5. The number of rotatable bonds is 7. The first kappa shape index (κ1) is 22.2. The second-order valence-corrected chi connectivity index (χ2v) is 7.67. The third-order valence-corrected chi connectivity index (χ3v) is 5.38. The summed E-state index contributed by atoms with van der Waals surface area (Å²) in [5.74, 6) is -1.36. The largest absolute Gasteiger partial charge is 0.453 e. The highest BCUT2D eigenvalue weighted by Gasteiger charge is 2.22. The topological polar surface area (TPSA) is 92.8 Å². The molecule has 1 heterocycles. The Kier molecular flexibility index (Phi) is 6.84. The Labute approximate surface area is 181 Å². The van der Waals surface area contributed by atoms with Crippen LogP contribution in [0.1, 0.15) is 51.6 Å². The lowest BCUT2D eigenvalue weighted by Crippen LogP contribution is -2.34. The van der Waals surface area contributed by atoms with Gasteiger partial charge in [0.25, 0.3) is 5.91 Å². The van der Waals surface area contributed by atoms with E-state index in [1.165, 1.54) is 6.92 Å². The number of Topliss-reactive ketones (excluding diaryl/α,β-unsaturated/α-hetero) is 1. The number of carbonyl (C=O) groups is 4. The number of ether oxygens (including phenoxy) is 1. The molecule has 1 aliphatic heterocycles. The molecule has 0 bridgehead atoms. The molecule has 162 valence electrons. The van der Waals surface area contributed by atoms with E-state index in [-0.39, 0.29) is 18.2 Å². The molecular formula is C24H26N2O5. The number of ketones is 1. The molecule has 1 N–H and O–H groups in total. The smallest absolute Gasteiger partial charge is 0.326 e. The maximum Gasteiger partial charge on any atom is 0.326 e. The summed E-state index contributed by atoms with van der Waals surface area (Å²) in [4.78, 5) is 50.3. The molecule has 0 aliphatic carbocycles. The highest BCUT2D eigenvalue weighted by atomic mass is 16.5. The van der Waals surface area contributed by atoms with Crippen molar-refractivity contribution < 1.29 is 23.9 Å². The number of esters is 1. The monoisotopic (exact) mass is 422 g/mol. The Bertz CT molecular complexity index is 1010. The molecule has 0 unspecified atom stereocenters. The predicted molar refractivity (Wildman–Crippen MR) is 116 cm³/mol. The van der Waals surface area contributed by atoms with Crippen LogP contribution < -0.4 is 10.2 Å². The van der Waals surface area contributed by atoms with Gasteiger partial charge in [0.15, 0.2) is 6.10 Å². The van der Waals surface area contributed by atoms with E-state index in [4.69, 9.17) is 4.74 Å². The van der Waals surface area contributed by atoms with Crippen molar-refractivity contribution in [3.8, 4) is 0 Å². The molecule has 3 rings (SSSR count). The summed E-state index contributed by atoms with van der Waals surface area (Å²) in [6, 6.07) is 11.9. The molecule has 7 nitrogen and oxygen atoms in total. The first-order valence-corrected chi connectivity index (χ1v) is 10.3. The zero-order chi connectivity index (χ0) is 22.5. The van der Waals surface area contributed by atoms with Gasteiger partial charge in [-0.1, -0.05) is 12.1 Å². The lowest BCUT2D eigenvalue weighted by atomic mass is 10.0. The maximum atomic E-state index is 12.5. The van der Waals surface area contributed by atoms with Crippen LogP contribution in [0.15, 0.2) is 42.5 Å². The van der Waals surface area contributed by atoms with Gasteiger partial charge in [-0.3, -0.25) is 19.2 Å². The molecule has 2 aromatic rings. The van der Waals surface area contributed by atoms with Gasteiger partial charge in [-0.2, -0.15) is 0 Å².